The molecule has 1 fully saturated rings. The second kappa shape index (κ2) is 8.18. The summed E-state index contributed by atoms with van der Waals surface area (Å²) in [5.41, 5.74) is -0.334. The van der Waals surface area contributed by atoms with Gasteiger partial charge in [0.25, 0.3) is 5.79 Å². The molecule has 8 nitrogen and oxygen atoms in total. The van der Waals surface area contributed by atoms with Crippen molar-refractivity contribution in [2.75, 3.05) is 0 Å². The number of nitrogens with one attached hydrogen (secondary N) is 1. The third kappa shape index (κ3) is 6.27. The molecule has 0 bridgehead atoms. The van der Waals surface area contributed by atoms with Crippen LogP contribution in [0.3, 0.4) is 0 Å². The minimum absolute atomic E-state index is 0.0984. The number of alkyl carbamates (subject to hydrolysis) is 1. The summed E-state index contributed by atoms with van der Waals surface area (Å²) < 4.78 is 28.3. The quantitative estimate of drug-likeness (QED) is 0.587. The van der Waals surface area contributed by atoms with Gasteiger partial charge >= 0.3 is 18.0 Å². The van der Waals surface area contributed by atoms with Crippen molar-refractivity contribution in [2.45, 2.75) is 58.5 Å². The zero-order valence-electron chi connectivity index (χ0n) is 16.9. The number of esters is 2. The van der Waals surface area contributed by atoms with Crippen LogP contribution < -0.4 is 5.32 Å². The molecule has 0 saturated carbocycles. The standard InChI is InChI=1S/C20H24FNO7/c1-19(2,3)29-18(26)22-13(10-11-6-8-12(21)9-7-11)15(23)14-16(24)27-20(4,5)28-17(14)25/h6-9,13-14H,10H2,1-5H3,(H,22,26)/t13-/m0/s1. The first-order valence-corrected chi connectivity index (χ1v) is 9.01. The van der Waals surface area contributed by atoms with E-state index in [4.69, 9.17) is 14.2 Å². The van der Waals surface area contributed by atoms with Gasteiger partial charge < -0.3 is 19.5 Å². The van der Waals surface area contributed by atoms with E-state index >= 15 is 0 Å². The third-order valence-electron chi connectivity index (χ3n) is 3.84. The minimum atomic E-state index is -1.84. The lowest BCUT2D eigenvalue weighted by Gasteiger charge is -2.33. The maximum Gasteiger partial charge on any atom is 0.408 e. The highest BCUT2D eigenvalue weighted by molar-refractivity contribution is 6.17. The van der Waals surface area contributed by atoms with Crippen LogP contribution in [0.25, 0.3) is 0 Å². The summed E-state index contributed by atoms with van der Waals surface area (Å²) in [6, 6.07) is 3.92. The van der Waals surface area contributed by atoms with Crippen molar-refractivity contribution < 1.29 is 37.8 Å². The molecule has 1 aromatic carbocycles. The molecule has 0 radical (unpaired) electrons. The van der Waals surface area contributed by atoms with E-state index in [1.54, 1.807) is 20.8 Å². The van der Waals surface area contributed by atoms with Crippen LogP contribution in [-0.2, 0) is 35.0 Å². The number of ketones is 1. The number of halogens is 1. The maximum atomic E-state index is 13.2. The van der Waals surface area contributed by atoms with Crippen molar-refractivity contribution in [3.63, 3.8) is 0 Å². The third-order valence-corrected chi connectivity index (χ3v) is 3.84. The van der Waals surface area contributed by atoms with Crippen LogP contribution >= 0.6 is 0 Å². The molecule has 0 spiro atoms. The Bertz CT molecular complexity index is 791. The molecule has 1 heterocycles. The summed E-state index contributed by atoms with van der Waals surface area (Å²) in [4.78, 5) is 49.6. The molecule has 1 aliphatic rings. The van der Waals surface area contributed by atoms with Crippen LogP contribution in [0.1, 0.15) is 40.2 Å². The largest absolute Gasteiger partial charge is 0.444 e. The summed E-state index contributed by atoms with van der Waals surface area (Å²) in [5.74, 6) is -6.85. The second-order valence-electron chi connectivity index (χ2n) is 8.11. The molecule has 9 heteroatoms. The van der Waals surface area contributed by atoms with Crippen LogP contribution in [0.15, 0.2) is 24.3 Å². The lowest BCUT2D eigenvalue weighted by molar-refractivity contribution is -0.238. The molecule has 1 saturated heterocycles. The van der Waals surface area contributed by atoms with Crippen molar-refractivity contribution in [1.29, 1.82) is 0 Å². The molecule has 158 valence electrons. The smallest absolute Gasteiger partial charge is 0.408 e. The van der Waals surface area contributed by atoms with Crippen LogP contribution in [0.5, 0.6) is 0 Å². The topological polar surface area (TPSA) is 108 Å². The Labute approximate surface area is 167 Å². The van der Waals surface area contributed by atoms with Crippen LogP contribution in [-0.4, -0.2) is 41.2 Å². The Kier molecular flexibility index (Phi) is 6.30. The Morgan fingerprint density at radius 3 is 2.14 bits per heavy atom. The molecule has 2 rings (SSSR count). The molecule has 1 N–H and O–H groups in total. The number of amides is 1. The minimum Gasteiger partial charge on any atom is -0.444 e. The lowest BCUT2D eigenvalue weighted by atomic mass is 9.92. The first-order chi connectivity index (χ1) is 13.3. The zero-order chi connectivity index (χ0) is 22.0. The maximum absolute atomic E-state index is 13.2. The van der Waals surface area contributed by atoms with Gasteiger partial charge in [-0.1, -0.05) is 12.1 Å². The van der Waals surface area contributed by atoms with Crippen LogP contribution in [0.2, 0.25) is 0 Å². The van der Waals surface area contributed by atoms with E-state index < -0.39 is 53.0 Å². The fourth-order valence-electron chi connectivity index (χ4n) is 2.68. The number of carbonyl (C=O) groups excluding carboxylic acids is 4. The van der Waals surface area contributed by atoms with E-state index in [-0.39, 0.29) is 6.42 Å². The van der Waals surface area contributed by atoms with Gasteiger partial charge in [0, 0.05) is 13.8 Å². The number of benzene rings is 1. The van der Waals surface area contributed by atoms with E-state index in [9.17, 15) is 23.6 Å². The van der Waals surface area contributed by atoms with Gasteiger partial charge in [0.05, 0.1) is 6.04 Å². The van der Waals surface area contributed by atoms with Crippen LogP contribution in [0, 0.1) is 11.7 Å². The normalized spacial score (nSPS) is 17.7. The van der Waals surface area contributed by atoms with Gasteiger partial charge in [0.2, 0.25) is 5.92 Å². The van der Waals surface area contributed by atoms with Gasteiger partial charge in [0.1, 0.15) is 11.4 Å². The molecule has 0 aromatic heterocycles. The summed E-state index contributed by atoms with van der Waals surface area (Å²) in [6.07, 6.45) is -1.01. The summed E-state index contributed by atoms with van der Waals surface area (Å²) in [6.45, 7) is 7.64. The van der Waals surface area contributed by atoms with Crippen LogP contribution in [0.4, 0.5) is 9.18 Å². The number of carbonyl (C=O) groups is 4. The number of Topliss-reactive ketones (excluding diaryl/α,β-unsaturated/α-hetero) is 1. The monoisotopic (exact) mass is 409 g/mol. The van der Waals surface area contributed by atoms with Gasteiger partial charge in [-0.3, -0.25) is 14.4 Å². The molecule has 1 amide bonds. The van der Waals surface area contributed by atoms with Crippen molar-refractivity contribution in [3.8, 4) is 0 Å². The molecule has 1 atom stereocenters. The predicted molar refractivity (Wildman–Crippen MR) is 98.0 cm³/mol. The fourth-order valence-corrected chi connectivity index (χ4v) is 2.68. The van der Waals surface area contributed by atoms with Crippen molar-refractivity contribution in [2.24, 2.45) is 5.92 Å². The lowest BCUT2D eigenvalue weighted by Crippen LogP contribution is -2.55. The average Bonchev–Trinajstić information content (AvgIpc) is 2.52. The number of ether oxygens (including phenoxy) is 3. The van der Waals surface area contributed by atoms with Crippen molar-refractivity contribution in [1.82, 2.24) is 5.32 Å². The van der Waals surface area contributed by atoms with Gasteiger partial charge in [0.15, 0.2) is 5.78 Å². The van der Waals surface area contributed by atoms with Gasteiger partial charge in [-0.2, -0.15) is 0 Å². The highest BCUT2D eigenvalue weighted by Crippen LogP contribution is 2.25. The first-order valence-electron chi connectivity index (χ1n) is 9.01. The number of hydrogen-bond acceptors (Lipinski definition) is 7. The highest BCUT2D eigenvalue weighted by Gasteiger charge is 2.49. The fraction of sp³-hybridized carbons (Fsp3) is 0.500. The molecule has 1 aromatic rings. The SMILES string of the molecule is CC(C)(C)OC(=O)N[C@@H](Cc1ccc(F)cc1)C(=O)C1C(=O)OC(C)(C)OC1=O. The van der Waals surface area contributed by atoms with Gasteiger partial charge in [-0.15, -0.1) is 0 Å². The zero-order valence-corrected chi connectivity index (χ0v) is 16.9. The predicted octanol–water partition coefficient (Wildman–Crippen LogP) is 2.28. The molecular formula is C20H24FNO7. The molecule has 0 aliphatic carbocycles. The first kappa shape index (κ1) is 22.3. The van der Waals surface area contributed by atoms with E-state index in [2.05, 4.69) is 5.32 Å². The summed E-state index contributed by atoms with van der Waals surface area (Å²) in [7, 11) is 0. The summed E-state index contributed by atoms with van der Waals surface area (Å²) >= 11 is 0. The van der Waals surface area contributed by atoms with Crippen molar-refractivity contribution >= 4 is 23.8 Å². The Hall–Kier alpha value is -2.97. The van der Waals surface area contributed by atoms with E-state index in [0.717, 1.165) is 0 Å². The Morgan fingerprint density at radius 1 is 1.14 bits per heavy atom. The number of cyclic esters (lactones) is 2. The number of hydrogen-bond donors (Lipinski definition) is 1. The van der Waals surface area contributed by atoms with E-state index in [1.165, 1.54) is 38.1 Å². The van der Waals surface area contributed by atoms with Crippen molar-refractivity contribution in [3.05, 3.63) is 35.6 Å². The average molecular weight is 409 g/mol. The van der Waals surface area contributed by atoms with E-state index in [1.807, 2.05) is 0 Å². The van der Waals surface area contributed by atoms with Gasteiger partial charge in [-0.25, -0.2) is 9.18 Å². The Balaban J connectivity index is 2.26. The molecule has 1 aliphatic heterocycles. The summed E-state index contributed by atoms with van der Waals surface area (Å²) in [5, 5.41) is 2.38. The molecular weight excluding hydrogens is 385 g/mol. The second-order valence-corrected chi connectivity index (χ2v) is 8.11. The molecule has 29 heavy (non-hydrogen) atoms. The van der Waals surface area contributed by atoms with Gasteiger partial charge in [-0.05, 0) is 44.9 Å². The Morgan fingerprint density at radius 2 is 1.66 bits per heavy atom. The van der Waals surface area contributed by atoms with E-state index in [0.29, 0.717) is 5.56 Å². The highest BCUT2D eigenvalue weighted by atomic mass is 19.1. The number of rotatable bonds is 5. The molecule has 0 unspecified atom stereocenters.